The molecule has 0 fully saturated rings. The van der Waals surface area contributed by atoms with E-state index in [1.807, 2.05) is 85.8 Å². The van der Waals surface area contributed by atoms with Crippen LogP contribution in [0.1, 0.15) is 66.6 Å². The van der Waals surface area contributed by atoms with Gasteiger partial charge in [-0.15, -0.1) is 0 Å². The molecule has 0 saturated carbocycles. The summed E-state index contributed by atoms with van der Waals surface area (Å²) in [5, 5.41) is 8.84. The lowest BCUT2D eigenvalue weighted by Gasteiger charge is -2.02. The summed E-state index contributed by atoms with van der Waals surface area (Å²) in [6, 6.07) is 3.80. The van der Waals surface area contributed by atoms with Gasteiger partial charge in [0.1, 0.15) is 0 Å². The Bertz CT molecular complexity index is 337. The molecule has 1 aromatic heterocycles. The minimum atomic E-state index is -0.00489. The molecule has 0 amide bonds. The van der Waals surface area contributed by atoms with Crippen molar-refractivity contribution in [3.63, 3.8) is 0 Å². The quantitative estimate of drug-likeness (QED) is 0.727. The van der Waals surface area contributed by atoms with Crippen LogP contribution in [0.25, 0.3) is 5.57 Å². The Labute approximate surface area is 126 Å². The third-order valence-electron chi connectivity index (χ3n) is 1.98. The second-order valence-electron chi connectivity index (χ2n) is 2.94. The van der Waals surface area contributed by atoms with Crippen LogP contribution in [0.3, 0.4) is 0 Å². The Morgan fingerprint density at radius 3 is 1.90 bits per heavy atom. The van der Waals surface area contributed by atoms with Crippen LogP contribution in [-0.2, 0) is 6.61 Å². The minimum absolute atomic E-state index is 0.00489. The maximum Gasteiger partial charge on any atom is 0.0852 e. The van der Waals surface area contributed by atoms with Gasteiger partial charge in [0.25, 0.3) is 0 Å². The molecule has 20 heavy (non-hydrogen) atoms. The SMILES string of the molecule is C/C=C\C(=C/C)c1ccc(CO)nc1.CC.CC.CC. The van der Waals surface area contributed by atoms with Crippen LogP contribution in [-0.4, -0.2) is 10.1 Å². The van der Waals surface area contributed by atoms with Crippen molar-refractivity contribution in [3.8, 4) is 0 Å². The van der Waals surface area contributed by atoms with Gasteiger partial charge < -0.3 is 5.11 Å². The van der Waals surface area contributed by atoms with Gasteiger partial charge in [0.05, 0.1) is 12.3 Å². The highest BCUT2D eigenvalue weighted by molar-refractivity contribution is 5.73. The molecule has 0 aliphatic rings. The molecule has 0 spiro atoms. The maximum atomic E-state index is 8.84. The summed E-state index contributed by atoms with van der Waals surface area (Å²) in [6.07, 6.45) is 7.85. The number of hydrogen-bond acceptors (Lipinski definition) is 2. The zero-order chi connectivity index (χ0) is 16.4. The van der Waals surface area contributed by atoms with Crippen LogP contribution in [0.15, 0.2) is 36.6 Å². The van der Waals surface area contributed by atoms with Crippen LogP contribution >= 0.6 is 0 Å². The van der Waals surface area contributed by atoms with Gasteiger partial charge in [-0.25, -0.2) is 0 Å². The first-order valence-electron chi connectivity index (χ1n) is 7.67. The number of aliphatic hydroxyl groups is 1. The van der Waals surface area contributed by atoms with E-state index < -0.39 is 0 Å². The number of aliphatic hydroxyl groups excluding tert-OH is 1. The van der Waals surface area contributed by atoms with E-state index in [9.17, 15) is 0 Å². The Hall–Kier alpha value is -1.41. The molecule has 0 bridgehead atoms. The Morgan fingerprint density at radius 2 is 1.60 bits per heavy atom. The van der Waals surface area contributed by atoms with Crippen LogP contribution < -0.4 is 0 Å². The minimum Gasteiger partial charge on any atom is -0.390 e. The number of allylic oxidation sites excluding steroid dienone is 4. The van der Waals surface area contributed by atoms with Gasteiger partial charge >= 0.3 is 0 Å². The summed E-state index contributed by atoms with van der Waals surface area (Å²) < 4.78 is 0. The summed E-state index contributed by atoms with van der Waals surface area (Å²) >= 11 is 0. The van der Waals surface area contributed by atoms with Gasteiger partial charge in [0.15, 0.2) is 0 Å². The van der Waals surface area contributed by atoms with Crippen molar-refractivity contribution in [2.75, 3.05) is 0 Å². The molecule has 1 N–H and O–H groups in total. The lowest BCUT2D eigenvalue weighted by molar-refractivity contribution is 0.277. The summed E-state index contributed by atoms with van der Waals surface area (Å²) in [5.41, 5.74) is 2.91. The number of pyridine rings is 1. The van der Waals surface area contributed by atoms with E-state index in [0.717, 1.165) is 11.1 Å². The van der Waals surface area contributed by atoms with Gasteiger partial charge in [-0.2, -0.15) is 0 Å². The monoisotopic (exact) mass is 279 g/mol. The predicted molar refractivity (Wildman–Crippen MR) is 92.7 cm³/mol. The molecular weight excluding hydrogens is 246 g/mol. The number of rotatable bonds is 3. The van der Waals surface area contributed by atoms with E-state index in [-0.39, 0.29) is 6.61 Å². The highest BCUT2D eigenvalue weighted by Gasteiger charge is 1.97. The lowest BCUT2D eigenvalue weighted by atomic mass is 10.1. The topological polar surface area (TPSA) is 33.1 Å². The standard InChI is InChI=1S/C12H15NO.3C2H6/c1-3-5-10(4-2)11-6-7-12(9-14)13-8-11;3*1-2/h3-8,14H,9H2,1-2H3;3*1-2H3/b5-3-,10-4+;;;. The first-order valence-corrected chi connectivity index (χ1v) is 7.67. The largest absolute Gasteiger partial charge is 0.390 e. The molecule has 1 heterocycles. The summed E-state index contributed by atoms with van der Waals surface area (Å²) in [6.45, 7) is 16.0. The summed E-state index contributed by atoms with van der Waals surface area (Å²) in [5.74, 6) is 0. The molecular formula is C18H33NO. The Morgan fingerprint density at radius 1 is 1.05 bits per heavy atom. The Kier molecular flexibility index (Phi) is 23.6. The van der Waals surface area contributed by atoms with Gasteiger partial charge in [-0.05, 0) is 31.1 Å². The van der Waals surface area contributed by atoms with E-state index in [1.165, 1.54) is 0 Å². The van der Waals surface area contributed by atoms with Crippen LogP contribution in [0.4, 0.5) is 0 Å². The van der Waals surface area contributed by atoms with Crippen molar-refractivity contribution in [1.29, 1.82) is 0 Å². The highest BCUT2D eigenvalue weighted by atomic mass is 16.3. The Balaban J connectivity index is -0.000000425. The molecule has 0 unspecified atom stereocenters. The summed E-state index contributed by atoms with van der Waals surface area (Å²) in [7, 11) is 0. The second kappa shape index (κ2) is 19.9. The summed E-state index contributed by atoms with van der Waals surface area (Å²) in [4.78, 5) is 4.12. The van der Waals surface area contributed by atoms with Crippen molar-refractivity contribution >= 4 is 5.57 Å². The zero-order valence-electron chi connectivity index (χ0n) is 14.6. The lowest BCUT2D eigenvalue weighted by Crippen LogP contribution is -1.90. The number of nitrogens with zero attached hydrogens (tertiary/aromatic N) is 1. The van der Waals surface area contributed by atoms with Crippen molar-refractivity contribution in [3.05, 3.63) is 47.8 Å². The van der Waals surface area contributed by atoms with Gasteiger partial charge in [-0.3, -0.25) is 4.98 Å². The fourth-order valence-corrected chi connectivity index (χ4v) is 1.23. The fraction of sp³-hybridized carbons (Fsp3) is 0.500. The highest BCUT2D eigenvalue weighted by Crippen LogP contribution is 2.14. The fourth-order valence-electron chi connectivity index (χ4n) is 1.23. The van der Waals surface area contributed by atoms with Gasteiger partial charge in [0, 0.05) is 6.20 Å². The average molecular weight is 279 g/mol. The number of aromatic nitrogens is 1. The normalized spacial score (nSPS) is 9.55. The second-order valence-corrected chi connectivity index (χ2v) is 2.94. The van der Waals surface area contributed by atoms with Gasteiger partial charge in [0.2, 0.25) is 0 Å². The van der Waals surface area contributed by atoms with E-state index >= 15 is 0 Å². The molecule has 2 nitrogen and oxygen atoms in total. The van der Waals surface area contributed by atoms with Crippen molar-refractivity contribution in [1.82, 2.24) is 4.98 Å². The molecule has 1 aromatic rings. The maximum absolute atomic E-state index is 8.84. The molecule has 0 radical (unpaired) electrons. The third-order valence-corrected chi connectivity index (χ3v) is 1.98. The predicted octanol–water partition coefficient (Wildman–Crippen LogP) is 5.63. The van der Waals surface area contributed by atoms with E-state index in [0.29, 0.717) is 5.69 Å². The molecule has 0 aliphatic carbocycles. The van der Waals surface area contributed by atoms with Crippen molar-refractivity contribution in [2.45, 2.75) is 62.0 Å². The van der Waals surface area contributed by atoms with Crippen LogP contribution in [0.5, 0.6) is 0 Å². The van der Waals surface area contributed by atoms with E-state index in [4.69, 9.17) is 5.11 Å². The van der Waals surface area contributed by atoms with Crippen molar-refractivity contribution < 1.29 is 5.11 Å². The molecule has 0 atom stereocenters. The van der Waals surface area contributed by atoms with Crippen molar-refractivity contribution in [2.24, 2.45) is 0 Å². The average Bonchev–Trinajstić information content (AvgIpc) is 2.58. The zero-order valence-corrected chi connectivity index (χ0v) is 14.6. The van der Waals surface area contributed by atoms with E-state index in [2.05, 4.69) is 4.98 Å². The first-order chi connectivity index (χ1) is 9.81. The number of hydrogen-bond donors (Lipinski definition) is 1. The molecule has 2 heteroatoms. The van der Waals surface area contributed by atoms with Gasteiger partial charge in [-0.1, -0.05) is 65.8 Å². The smallest absolute Gasteiger partial charge is 0.0852 e. The van der Waals surface area contributed by atoms with Crippen LogP contribution in [0, 0.1) is 0 Å². The molecule has 1 rings (SSSR count). The molecule has 0 saturated heterocycles. The third kappa shape index (κ3) is 10.5. The van der Waals surface area contributed by atoms with E-state index in [1.54, 1.807) is 6.20 Å². The first kappa shape index (κ1) is 23.7. The van der Waals surface area contributed by atoms with Crippen LogP contribution in [0.2, 0.25) is 0 Å². The molecule has 0 aromatic carbocycles. The molecule has 0 aliphatic heterocycles. The molecule has 116 valence electrons.